The van der Waals surface area contributed by atoms with Gasteiger partial charge in [-0.3, -0.25) is 9.59 Å². The van der Waals surface area contributed by atoms with Gasteiger partial charge in [-0.05, 0) is 44.0 Å². The van der Waals surface area contributed by atoms with Gasteiger partial charge < -0.3 is 25.4 Å². The number of methoxy groups -OCH3 is 1. The zero-order valence-electron chi connectivity index (χ0n) is 16.2. The fourth-order valence-corrected chi connectivity index (χ4v) is 3.80. The van der Waals surface area contributed by atoms with Crippen molar-refractivity contribution >= 4 is 22.8 Å². The van der Waals surface area contributed by atoms with Crippen LogP contribution < -0.4 is 20.9 Å². The van der Waals surface area contributed by atoms with Gasteiger partial charge in [-0.25, -0.2) is 4.98 Å². The Morgan fingerprint density at radius 1 is 1.24 bits per heavy atom. The van der Waals surface area contributed by atoms with Crippen molar-refractivity contribution in [2.24, 2.45) is 11.5 Å². The van der Waals surface area contributed by atoms with Gasteiger partial charge in [0.15, 0.2) is 0 Å². The van der Waals surface area contributed by atoms with Crippen LogP contribution in [-0.4, -0.2) is 23.9 Å². The topological polar surface area (TPSA) is 131 Å². The predicted molar refractivity (Wildman–Crippen MR) is 105 cm³/mol. The SMILES string of the molecule is COc1ncccc1COc1ccc2oc(C)c(C(N)=O)c2c1C1(C(N)=O)CC1. The van der Waals surface area contributed by atoms with E-state index in [4.69, 9.17) is 25.4 Å². The number of amides is 2. The highest BCUT2D eigenvalue weighted by Crippen LogP contribution is 2.54. The van der Waals surface area contributed by atoms with Crippen LogP contribution in [0, 0.1) is 6.92 Å². The standard InChI is InChI=1S/C21H21N3O5/c1-11-15(18(22)25)16-13(29-11)5-6-14(17(16)21(7-8-21)20(23)26)28-10-12-4-3-9-24-19(12)27-2/h3-6,9H,7-8,10H2,1-2H3,(H2,22,25)(H2,23,26). The monoisotopic (exact) mass is 395 g/mol. The number of pyridine rings is 1. The smallest absolute Gasteiger partial charge is 0.252 e. The molecule has 1 fully saturated rings. The summed E-state index contributed by atoms with van der Waals surface area (Å²) in [6.07, 6.45) is 2.76. The molecule has 150 valence electrons. The van der Waals surface area contributed by atoms with Crippen LogP contribution in [0.1, 0.15) is 40.1 Å². The summed E-state index contributed by atoms with van der Waals surface area (Å²) in [5.41, 5.74) is 12.4. The molecule has 4 rings (SSSR count). The Balaban J connectivity index is 1.87. The van der Waals surface area contributed by atoms with E-state index in [1.807, 2.05) is 6.07 Å². The Morgan fingerprint density at radius 2 is 2.00 bits per heavy atom. The molecule has 3 aromatic rings. The Morgan fingerprint density at radius 3 is 2.62 bits per heavy atom. The van der Waals surface area contributed by atoms with Gasteiger partial charge in [0, 0.05) is 17.1 Å². The molecule has 8 heteroatoms. The van der Waals surface area contributed by atoms with E-state index in [2.05, 4.69) is 4.98 Å². The highest BCUT2D eigenvalue weighted by atomic mass is 16.5. The molecule has 0 atom stereocenters. The van der Waals surface area contributed by atoms with Crippen molar-refractivity contribution in [2.45, 2.75) is 31.8 Å². The molecule has 2 amide bonds. The maximum atomic E-state index is 12.3. The molecule has 2 aromatic heterocycles. The summed E-state index contributed by atoms with van der Waals surface area (Å²) in [6, 6.07) is 7.03. The lowest BCUT2D eigenvalue weighted by molar-refractivity contribution is -0.120. The van der Waals surface area contributed by atoms with E-state index in [1.54, 1.807) is 31.3 Å². The lowest BCUT2D eigenvalue weighted by Crippen LogP contribution is -2.29. The quantitative estimate of drug-likeness (QED) is 0.631. The molecule has 1 saturated carbocycles. The minimum atomic E-state index is -0.908. The number of carbonyl (C=O) groups excluding carboxylic acids is 2. The Hall–Kier alpha value is -3.55. The van der Waals surface area contributed by atoms with Crippen molar-refractivity contribution in [3.8, 4) is 11.6 Å². The summed E-state index contributed by atoms with van der Waals surface area (Å²) in [4.78, 5) is 28.6. The number of nitrogens with two attached hydrogens (primary N) is 2. The van der Waals surface area contributed by atoms with E-state index in [1.165, 1.54) is 7.11 Å². The third-order valence-electron chi connectivity index (χ3n) is 5.37. The van der Waals surface area contributed by atoms with Gasteiger partial charge in [0.25, 0.3) is 5.91 Å². The minimum Gasteiger partial charge on any atom is -0.488 e. The summed E-state index contributed by atoms with van der Waals surface area (Å²) in [5.74, 6) is 0.184. The molecule has 2 heterocycles. The molecule has 0 bridgehead atoms. The van der Waals surface area contributed by atoms with Crippen LogP contribution in [0.3, 0.4) is 0 Å². The number of aromatic nitrogens is 1. The summed E-state index contributed by atoms with van der Waals surface area (Å²) in [7, 11) is 1.53. The first-order valence-corrected chi connectivity index (χ1v) is 9.16. The number of ether oxygens (including phenoxy) is 2. The molecule has 1 aromatic carbocycles. The molecular formula is C21H21N3O5. The van der Waals surface area contributed by atoms with Crippen molar-refractivity contribution in [1.82, 2.24) is 4.98 Å². The summed E-state index contributed by atoms with van der Waals surface area (Å²) < 4.78 is 17.1. The zero-order valence-corrected chi connectivity index (χ0v) is 16.2. The van der Waals surface area contributed by atoms with Crippen molar-refractivity contribution in [1.29, 1.82) is 0 Å². The molecule has 0 saturated heterocycles. The van der Waals surface area contributed by atoms with Gasteiger partial charge in [-0.1, -0.05) is 0 Å². The number of nitrogens with zero attached hydrogens (tertiary/aromatic N) is 1. The van der Waals surface area contributed by atoms with E-state index >= 15 is 0 Å². The number of furan rings is 1. The molecule has 0 unspecified atom stereocenters. The van der Waals surface area contributed by atoms with Crippen LogP contribution in [0.4, 0.5) is 0 Å². The van der Waals surface area contributed by atoms with Crippen LogP contribution in [0.2, 0.25) is 0 Å². The fraction of sp³-hybridized carbons (Fsp3) is 0.286. The molecule has 8 nitrogen and oxygen atoms in total. The van der Waals surface area contributed by atoms with Gasteiger partial charge in [0.1, 0.15) is 23.7 Å². The first-order valence-electron chi connectivity index (χ1n) is 9.16. The first-order chi connectivity index (χ1) is 13.9. The van der Waals surface area contributed by atoms with E-state index in [0.717, 1.165) is 5.56 Å². The maximum Gasteiger partial charge on any atom is 0.252 e. The van der Waals surface area contributed by atoms with Crippen LogP contribution in [0.5, 0.6) is 11.6 Å². The molecule has 0 spiro atoms. The van der Waals surface area contributed by atoms with Crippen LogP contribution in [0.25, 0.3) is 11.0 Å². The predicted octanol–water partition coefficient (Wildman–Crippen LogP) is 2.34. The van der Waals surface area contributed by atoms with Gasteiger partial charge in [-0.15, -0.1) is 0 Å². The third kappa shape index (κ3) is 2.97. The number of benzene rings is 1. The van der Waals surface area contributed by atoms with Gasteiger partial charge in [0.05, 0.1) is 23.7 Å². The number of hydrogen-bond acceptors (Lipinski definition) is 6. The second kappa shape index (κ2) is 6.80. The van der Waals surface area contributed by atoms with Crippen LogP contribution in [-0.2, 0) is 16.8 Å². The molecule has 4 N–H and O–H groups in total. The summed E-state index contributed by atoms with van der Waals surface area (Å²) in [6.45, 7) is 1.82. The number of hydrogen-bond donors (Lipinski definition) is 2. The molecule has 0 aliphatic heterocycles. The highest BCUT2D eigenvalue weighted by molar-refractivity contribution is 6.10. The normalized spacial score (nSPS) is 14.6. The number of fused-ring (bicyclic) bond motifs is 1. The zero-order chi connectivity index (χ0) is 20.8. The van der Waals surface area contributed by atoms with Crippen molar-refractivity contribution < 1.29 is 23.5 Å². The lowest BCUT2D eigenvalue weighted by Gasteiger charge is -2.19. The average Bonchev–Trinajstić information content (AvgIpc) is 3.42. The number of carbonyl (C=O) groups is 2. The Bertz CT molecular complexity index is 1130. The van der Waals surface area contributed by atoms with Crippen molar-refractivity contribution in [2.75, 3.05) is 7.11 Å². The van der Waals surface area contributed by atoms with Gasteiger partial charge >= 0.3 is 0 Å². The molecule has 1 aliphatic rings. The second-order valence-electron chi connectivity index (χ2n) is 7.12. The van der Waals surface area contributed by atoms with E-state index in [-0.39, 0.29) is 12.2 Å². The van der Waals surface area contributed by atoms with Crippen LogP contribution in [0.15, 0.2) is 34.9 Å². The van der Waals surface area contributed by atoms with Crippen molar-refractivity contribution in [3.05, 3.63) is 52.9 Å². The van der Waals surface area contributed by atoms with E-state index in [9.17, 15) is 9.59 Å². The molecular weight excluding hydrogens is 374 g/mol. The van der Waals surface area contributed by atoms with Crippen LogP contribution >= 0.6 is 0 Å². The molecule has 1 aliphatic carbocycles. The van der Waals surface area contributed by atoms with Gasteiger partial charge in [0.2, 0.25) is 11.8 Å². The van der Waals surface area contributed by atoms with Gasteiger partial charge in [-0.2, -0.15) is 0 Å². The fourth-order valence-electron chi connectivity index (χ4n) is 3.80. The minimum absolute atomic E-state index is 0.160. The average molecular weight is 395 g/mol. The number of rotatable bonds is 7. The number of primary amides is 2. The Labute approximate surface area is 166 Å². The van der Waals surface area contributed by atoms with E-state index in [0.29, 0.717) is 46.8 Å². The van der Waals surface area contributed by atoms with E-state index < -0.39 is 17.2 Å². The number of aryl methyl sites for hydroxylation is 1. The first kappa shape index (κ1) is 18.8. The second-order valence-corrected chi connectivity index (χ2v) is 7.12. The molecule has 0 radical (unpaired) electrons. The third-order valence-corrected chi connectivity index (χ3v) is 5.37. The maximum absolute atomic E-state index is 12.3. The summed E-state index contributed by atoms with van der Waals surface area (Å²) >= 11 is 0. The van der Waals surface area contributed by atoms with Crippen molar-refractivity contribution in [3.63, 3.8) is 0 Å². The Kier molecular flexibility index (Phi) is 4.41. The molecule has 29 heavy (non-hydrogen) atoms. The lowest BCUT2D eigenvalue weighted by atomic mass is 9.89. The highest BCUT2D eigenvalue weighted by Gasteiger charge is 2.53. The summed E-state index contributed by atoms with van der Waals surface area (Å²) in [5, 5.41) is 0.488. The largest absolute Gasteiger partial charge is 0.488 e.